The highest BCUT2D eigenvalue weighted by Gasteiger charge is 2.45. The van der Waals surface area contributed by atoms with E-state index in [1.165, 1.54) is 0 Å². The molecule has 0 saturated carbocycles. The number of ether oxygens (including phenoxy) is 2. The summed E-state index contributed by atoms with van der Waals surface area (Å²) < 4.78 is 12.1. The molecule has 2 aliphatic heterocycles. The van der Waals surface area contributed by atoms with E-state index in [9.17, 15) is 14.7 Å². The number of hydrogen-bond acceptors (Lipinski definition) is 7. The number of aliphatic hydroxyl groups is 1. The Morgan fingerprint density at radius 2 is 2.10 bits per heavy atom. The van der Waals surface area contributed by atoms with Crippen molar-refractivity contribution in [1.82, 2.24) is 9.55 Å². The molecule has 9 heteroatoms. The number of aromatic nitrogens is 2. The minimum absolute atomic E-state index is 0.0941. The minimum Gasteiger partial charge on any atom is -0.495 e. The fourth-order valence-corrected chi connectivity index (χ4v) is 4.76. The van der Waals surface area contributed by atoms with Gasteiger partial charge in [-0.3, -0.25) is 4.79 Å². The Hall–Kier alpha value is -3.10. The number of nitrogens with zero attached hydrogens (tertiary/aromatic N) is 2. The molecule has 3 aromatic rings. The number of anilines is 1. The fourth-order valence-electron chi connectivity index (χ4n) is 4.52. The summed E-state index contributed by atoms with van der Waals surface area (Å²) in [5.41, 5.74) is 1.87. The van der Waals surface area contributed by atoms with Crippen molar-refractivity contribution in [3.05, 3.63) is 50.3 Å². The van der Waals surface area contributed by atoms with Crippen molar-refractivity contribution in [2.45, 2.75) is 32.1 Å². The number of hydrogen-bond donors (Lipinski definition) is 2. The molecule has 2 aliphatic rings. The average Bonchev–Trinajstić information content (AvgIpc) is 3.13. The van der Waals surface area contributed by atoms with Crippen LogP contribution in [0, 0.1) is 0 Å². The molecule has 0 bridgehead atoms. The van der Waals surface area contributed by atoms with E-state index >= 15 is 0 Å². The average molecular weight is 442 g/mol. The minimum atomic E-state index is -1.86. The molecule has 4 heterocycles. The third-order valence-corrected chi connectivity index (χ3v) is 6.51. The molecule has 5 rings (SSSR count). The van der Waals surface area contributed by atoms with Crippen LogP contribution in [0.5, 0.6) is 5.75 Å². The monoisotopic (exact) mass is 441 g/mol. The number of carbonyl (C=O) groups is 1. The first-order valence-corrected chi connectivity index (χ1v) is 10.3. The largest absolute Gasteiger partial charge is 0.495 e. The number of fused-ring (bicyclic) bond motifs is 5. The van der Waals surface area contributed by atoms with Gasteiger partial charge < -0.3 is 24.5 Å². The molecule has 2 aromatic heterocycles. The van der Waals surface area contributed by atoms with E-state index in [0.29, 0.717) is 39.8 Å². The molecule has 8 nitrogen and oxygen atoms in total. The number of methoxy groups -OCH3 is 1. The number of benzene rings is 1. The van der Waals surface area contributed by atoms with Crippen molar-refractivity contribution in [3.8, 4) is 17.1 Å². The maximum atomic E-state index is 13.3. The normalized spacial score (nSPS) is 18.9. The second-order valence-corrected chi connectivity index (χ2v) is 8.08. The van der Waals surface area contributed by atoms with Crippen LogP contribution in [0.25, 0.3) is 22.3 Å². The zero-order valence-corrected chi connectivity index (χ0v) is 18.0. The SMILES string of the molecule is CC[C@@]1(O)C(=O)OCc2c1cc1n(c2=O)Cc2c-1nc1cc(Cl)c(OC)cc1c2NC. The van der Waals surface area contributed by atoms with Crippen molar-refractivity contribution in [2.75, 3.05) is 19.5 Å². The molecule has 1 atom stereocenters. The summed E-state index contributed by atoms with van der Waals surface area (Å²) in [7, 11) is 3.35. The van der Waals surface area contributed by atoms with Crippen LogP contribution < -0.4 is 15.6 Å². The van der Waals surface area contributed by atoms with Gasteiger partial charge in [-0.05, 0) is 24.6 Å². The molecule has 0 amide bonds. The highest BCUT2D eigenvalue weighted by Crippen LogP contribution is 2.43. The first kappa shape index (κ1) is 19.8. The van der Waals surface area contributed by atoms with Gasteiger partial charge in [0.1, 0.15) is 12.4 Å². The molecule has 0 unspecified atom stereocenters. The quantitative estimate of drug-likeness (QED) is 0.471. The molecule has 160 valence electrons. The van der Waals surface area contributed by atoms with Gasteiger partial charge in [-0.2, -0.15) is 0 Å². The molecule has 31 heavy (non-hydrogen) atoms. The lowest BCUT2D eigenvalue weighted by Crippen LogP contribution is -2.44. The molecule has 2 N–H and O–H groups in total. The lowest BCUT2D eigenvalue weighted by Gasteiger charge is -2.31. The third-order valence-electron chi connectivity index (χ3n) is 6.21. The van der Waals surface area contributed by atoms with Gasteiger partial charge in [-0.1, -0.05) is 18.5 Å². The van der Waals surface area contributed by atoms with Crippen molar-refractivity contribution in [2.24, 2.45) is 0 Å². The summed E-state index contributed by atoms with van der Waals surface area (Å²) in [6.07, 6.45) is 0.0941. The Labute approximate surface area is 182 Å². The Morgan fingerprint density at radius 3 is 2.77 bits per heavy atom. The summed E-state index contributed by atoms with van der Waals surface area (Å²) in [6.45, 7) is 1.82. The van der Waals surface area contributed by atoms with E-state index in [1.807, 2.05) is 6.07 Å². The van der Waals surface area contributed by atoms with Gasteiger partial charge in [0.2, 0.25) is 0 Å². The number of rotatable bonds is 3. The summed E-state index contributed by atoms with van der Waals surface area (Å²) in [6, 6.07) is 5.22. The van der Waals surface area contributed by atoms with Gasteiger partial charge >= 0.3 is 5.97 Å². The number of nitrogens with one attached hydrogen (secondary N) is 1. The number of carbonyl (C=O) groups excluding carboxylic acids is 1. The van der Waals surface area contributed by atoms with Gasteiger partial charge in [0, 0.05) is 23.6 Å². The Balaban J connectivity index is 1.83. The number of halogens is 1. The molecular formula is C22H20ClN3O5. The Morgan fingerprint density at radius 1 is 1.32 bits per heavy atom. The molecule has 0 saturated heterocycles. The first-order chi connectivity index (χ1) is 14.8. The lowest BCUT2D eigenvalue weighted by molar-refractivity contribution is -0.172. The van der Waals surface area contributed by atoms with Crippen LogP contribution in [0.3, 0.4) is 0 Å². The second kappa shape index (κ2) is 6.70. The van der Waals surface area contributed by atoms with Crippen LogP contribution in [-0.4, -0.2) is 34.8 Å². The van der Waals surface area contributed by atoms with E-state index in [2.05, 4.69) is 5.32 Å². The summed E-state index contributed by atoms with van der Waals surface area (Å²) >= 11 is 6.32. The predicted octanol–water partition coefficient (Wildman–Crippen LogP) is 2.78. The van der Waals surface area contributed by atoms with Crippen LogP contribution in [0.1, 0.15) is 30.0 Å². The summed E-state index contributed by atoms with van der Waals surface area (Å²) in [5.74, 6) is -0.217. The van der Waals surface area contributed by atoms with Gasteiger partial charge in [0.25, 0.3) is 5.56 Å². The van der Waals surface area contributed by atoms with E-state index in [4.69, 9.17) is 26.1 Å². The van der Waals surface area contributed by atoms with Crippen molar-refractivity contribution < 1.29 is 19.4 Å². The van der Waals surface area contributed by atoms with Gasteiger partial charge in [0.15, 0.2) is 5.60 Å². The number of pyridine rings is 2. The van der Waals surface area contributed by atoms with E-state index in [-0.39, 0.29) is 24.2 Å². The fraction of sp³-hybridized carbons (Fsp3) is 0.318. The van der Waals surface area contributed by atoms with E-state index in [1.54, 1.807) is 37.8 Å². The Kier molecular flexibility index (Phi) is 4.29. The predicted molar refractivity (Wildman–Crippen MR) is 116 cm³/mol. The second-order valence-electron chi connectivity index (χ2n) is 7.67. The van der Waals surface area contributed by atoms with Crippen LogP contribution in [-0.2, 0) is 28.3 Å². The molecule has 0 fully saturated rings. The topological polar surface area (TPSA) is 103 Å². The summed E-state index contributed by atoms with van der Waals surface area (Å²) in [4.78, 5) is 30.4. The van der Waals surface area contributed by atoms with Gasteiger partial charge in [-0.25, -0.2) is 9.78 Å². The zero-order valence-electron chi connectivity index (χ0n) is 17.2. The van der Waals surface area contributed by atoms with Gasteiger partial charge in [0.05, 0.1) is 46.8 Å². The lowest BCUT2D eigenvalue weighted by atomic mass is 9.86. The number of esters is 1. The molecule has 1 aromatic carbocycles. The third kappa shape index (κ3) is 2.55. The van der Waals surface area contributed by atoms with Crippen LogP contribution >= 0.6 is 11.6 Å². The number of cyclic esters (lactones) is 1. The highest BCUT2D eigenvalue weighted by molar-refractivity contribution is 6.33. The molecule has 0 spiro atoms. The van der Waals surface area contributed by atoms with Crippen LogP contribution in [0.15, 0.2) is 23.0 Å². The highest BCUT2D eigenvalue weighted by atomic mass is 35.5. The van der Waals surface area contributed by atoms with Crippen LogP contribution in [0.4, 0.5) is 5.69 Å². The first-order valence-electron chi connectivity index (χ1n) is 9.89. The van der Waals surface area contributed by atoms with Crippen molar-refractivity contribution in [1.29, 1.82) is 0 Å². The maximum absolute atomic E-state index is 13.3. The molecule has 0 aliphatic carbocycles. The van der Waals surface area contributed by atoms with E-state index < -0.39 is 11.6 Å². The maximum Gasteiger partial charge on any atom is 0.343 e. The van der Waals surface area contributed by atoms with Gasteiger partial charge in [-0.15, -0.1) is 0 Å². The van der Waals surface area contributed by atoms with Crippen molar-refractivity contribution >= 4 is 34.2 Å². The zero-order chi connectivity index (χ0) is 22.1. The van der Waals surface area contributed by atoms with Crippen LogP contribution in [0.2, 0.25) is 5.02 Å². The smallest absolute Gasteiger partial charge is 0.343 e. The van der Waals surface area contributed by atoms with Crippen molar-refractivity contribution in [3.63, 3.8) is 0 Å². The molecular weight excluding hydrogens is 422 g/mol. The molecule has 0 radical (unpaired) electrons. The Bertz CT molecular complexity index is 1350. The summed E-state index contributed by atoms with van der Waals surface area (Å²) in [5, 5.41) is 15.4. The van der Waals surface area contributed by atoms with E-state index in [0.717, 1.165) is 16.6 Å². The standard InChI is InChI=1S/C22H20ClN3O5/c1-4-22(29)13-6-16-19-11(8-26(16)20(27)12(13)9-31-21(22)28)18(24-2)10-5-17(30-3)14(23)7-15(10)25-19/h5-7,29H,4,8-9H2,1-3H3,(H,24,25)/t22-/m0/s1.